The molecular formula is C14H26N4O3. The molecule has 2 rings (SSSR count). The van der Waals surface area contributed by atoms with E-state index >= 15 is 0 Å². The van der Waals surface area contributed by atoms with Crippen molar-refractivity contribution in [3.05, 3.63) is 0 Å². The Labute approximate surface area is 125 Å². The second kappa shape index (κ2) is 6.72. The van der Waals surface area contributed by atoms with Gasteiger partial charge in [-0.1, -0.05) is 0 Å². The normalized spacial score (nSPS) is 21.5. The molecule has 0 atom stereocenters. The summed E-state index contributed by atoms with van der Waals surface area (Å²) < 4.78 is 0. The fourth-order valence-corrected chi connectivity index (χ4v) is 2.79. The SMILES string of the molecule is CC(C)(O)CN1CCN(C(=O)C(=O)N2CCNCC2)CC1. The van der Waals surface area contributed by atoms with Gasteiger partial charge in [-0.2, -0.15) is 0 Å². The summed E-state index contributed by atoms with van der Waals surface area (Å²) in [5, 5.41) is 13.0. The molecular weight excluding hydrogens is 272 g/mol. The molecule has 7 nitrogen and oxygen atoms in total. The first-order chi connectivity index (χ1) is 9.87. The lowest BCUT2D eigenvalue weighted by Crippen LogP contribution is -2.56. The van der Waals surface area contributed by atoms with Crippen LogP contribution < -0.4 is 5.32 Å². The minimum Gasteiger partial charge on any atom is -0.389 e. The van der Waals surface area contributed by atoms with E-state index in [9.17, 15) is 14.7 Å². The maximum absolute atomic E-state index is 12.2. The third kappa shape index (κ3) is 4.66. The van der Waals surface area contributed by atoms with E-state index in [0.717, 1.165) is 13.1 Å². The van der Waals surface area contributed by atoms with Gasteiger partial charge < -0.3 is 20.2 Å². The van der Waals surface area contributed by atoms with Crippen LogP contribution in [-0.2, 0) is 9.59 Å². The molecule has 2 fully saturated rings. The summed E-state index contributed by atoms with van der Waals surface area (Å²) >= 11 is 0. The van der Waals surface area contributed by atoms with Gasteiger partial charge in [-0.3, -0.25) is 14.5 Å². The van der Waals surface area contributed by atoms with Crippen molar-refractivity contribution < 1.29 is 14.7 Å². The maximum Gasteiger partial charge on any atom is 0.312 e. The Balaban J connectivity index is 1.81. The number of carbonyl (C=O) groups excluding carboxylic acids is 2. The first kappa shape index (κ1) is 16.2. The largest absolute Gasteiger partial charge is 0.389 e. The summed E-state index contributed by atoms with van der Waals surface area (Å²) in [6.07, 6.45) is 0. The van der Waals surface area contributed by atoms with E-state index in [2.05, 4.69) is 10.2 Å². The first-order valence-corrected chi connectivity index (χ1v) is 7.60. The molecule has 0 unspecified atom stereocenters. The Bertz CT molecular complexity index is 380. The van der Waals surface area contributed by atoms with Crippen LogP contribution in [0.15, 0.2) is 0 Å². The van der Waals surface area contributed by atoms with E-state index in [1.54, 1.807) is 23.6 Å². The number of nitrogens with zero attached hydrogens (tertiary/aromatic N) is 3. The highest BCUT2D eigenvalue weighted by molar-refractivity contribution is 6.34. The Morgan fingerprint density at radius 3 is 1.90 bits per heavy atom. The molecule has 0 aromatic heterocycles. The van der Waals surface area contributed by atoms with E-state index in [1.165, 1.54) is 0 Å². The molecule has 2 N–H and O–H groups in total. The number of rotatable bonds is 2. The summed E-state index contributed by atoms with van der Waals surface area (Å²) in [5.74, 6) is -0.771. The standard InChI is InChI=1S/C14H26N4O3/c1-14(2,21)11-16-7-9-18(10-8-16)13(20)12(19)17-5-3-15-4-6-17/h15,21H,3-11H2,1-2H3. The van der Waals surface area contributed by atoms with Gasteiger partial charge in [-0.25, -0.2) is 0 Å². The van der Waals surface area contributed by atoms with Gasteiger partial charge in [0.25, 0.3) is 0 Å². The number of carbonyl (C=O) groups is 2. The smallest absolute Gasteiger partial charge is 0.312 e. The van der Waals surface area contributed by atoms with E-state index in [-0.39, 0.29) is 11.8 Å². The molecule has 2 saturated heterocycles. The van der Waals surface area contributed by atoms with Crippen molar-refractivity contribution in [2.24, 2.45) is 0 Å². The zero-order valence-corrected chi connectivity index (χ0v) is 13.0. The predicted molar refractivity (Wildman–Crippen MR) is 78.8 cm³/mol. The van der Waals surface area contributed by atoms with Gasteiger partial charge in [0, 0.05) is 58.9 Å². The number of nitrogens with one attached hydrogen (secondary N) is 1. The highest BCUT2D eigenvalue weighted by Gasteiger charge is 2.31. The third-order valence-electron chi connectivity index (χ3n) is 3.86. The summed E-state index contributed by atoms with van der Waals surface area (Å²) in [6.45, 7) is 9.33. The van der Waals surface area contributed by atoms with Gasteiger partial charge >= 0.3 is 11.8 Å². The zero-order chi connectivity index (χ0) is 15.5. The Kier molecular flexibility index (Phi) is 5.18. The van der Waals surface area contributed by atoms with Gasteiger partial charge in [0.2, 0.25) is 0 Å². The van der Waals surface area contributed by atoms with Crippen molar-refractivity contribution in [2.75, 3.05) is 58.9 Å². The molecule has 2 aliphatic rings. The van der Waals surface area contributed by atoms with E-state index < -0.39 is 5.60 Å². The average Bonchev–Trinajstić information content (AvgIpc) is 2.46. The molecule has 2 aliphatic heterocycles. The first-order valence-electron chi connectivity index (χ1n) is 7.60. The van der Waals surface area contributed by atoms with Gasteiger partial charge in [0.15, 0.2) is 0 Å². The molecule has 21 heavy (non-hydrogen) atoms. The van der Waals surface area contributed by atoms with Crippen LogP contribution in [0.4, 0.5) is 0 Å². The van der Waals surface area contributed by atoms with Gasteiger partial charge in [-0.15, -0.1) is 0 Å². The number of hydrogen-bond donors (Lipinski definition) is 2. The van der Waals surface area contributed by atoms with Crippen LogP contribution in [0, 0.1) is 0 Å². The average molecular weight is 298 g/mol. The fourth-order valence-electron chi connectivity index (χ4n) is 2.79. The second-order valence-corrected chi connectivity index (χ2v) is 6.42. The van der Waals surface area contributed by atoms with Crippen LogP contribution in [-0.4, -0.2) is 96.1 Å². The van der Waals surface area contributed by atoms with Crippen LogP contribution in [0.1, 0.15) is 13.8 Å². The summed E-state index contributed by atoms with van der Waals surface area (Å²) in [7, 11) is 0. The highest BCUT2D eigenvalue weighted by Crippen LogP contribution is 2.09. The fraction of sp³-hybridized carbons (Fsp3) is 0.857. The second-order valence-electron chi connectivity index (χ2n) is 6.42. The topological polar surface area (TPSA) is 76.1 Å². The van der Waals surface area contributed by atoms with Crippen LogP contribution in [0.3, 0.4) is 0 Å². The molecule has 120 valence electrons. The molecule has 7 heteroatoms. The third-order valence-corrected chi connectivity index (χ3v) is 3.86. The molecule has 0 aromatic carbocycles. The van der Waals surface area contributed by atoms with Crippen LogP contribution >= 0.6 is 0 Å². The number of piperazine rings is 2. The Morgan fingerprint density at radius 2 is 1.43 bits per heavy atom. The van der Waals surface area contributed by atoms with E-state index in [0.29, 0.717) is 45.8 Å². The van der Waals surface area contributed by atoms with Crippen molar-refractivity contribution in [1.29, 1.82) is 0 Å². The Morgan fingerprint density at radius 1 is 0.952 bits per heavy atom. The lowest BCUT2D eigenvalue weighted by molar-refractivity contribution is -0.153. The zero-order valence-electron chi connectivity index (χ0n) is 13.0. The lowest BCUT2D eigenvalue weighted by Gasteiger charge is -2.37. The molecule has 0 spiro atoms. The monoisotopic (exact) mass is 298 g/mol. The number of amides is 2. The van der Waals surface area contributed by atoms with Crippen LogP contribution in [0.2, 0.25) is 0 Å². The summed E-state index contributed by atoms with van der Waals surface area (Å²) in [5.41, 5.74) is -0.733. The van der Waals surface area contributed by atoms with Crippen molar-refractivity contribution in [3.8, 4) is 0 Å². The molecule has 0 radical (unpaired) electrons. The van der Waals surface area contributed by atoms with Crippen molar-refractivity contribution in [2.45, 2.75) is 19.4 Å². The number of hydrogen-bond acceptors (Lipinski definition) is 5. The summed E-state index contributed by atoms with van der Waals surface area (Å²) in [6, 6.07) is 0. The maximum atomic E-state index is 12.2. The Hall–Kier alpha value is -1.18. The van der Waals surface area contributed by atoms with E-state index in [1.807, 2.05) is 0 Å². The summed E-state index contributed by atoms with van der Waals surface area (Å²) in [4.78, 5) is 29.8. The van der Waals surface area contributed by atoms with Crippen molar-refractivity contribution >= 4 is 11.8 Å². The molecule has 0 saturated carbocycles. The van der Waals surface area contributed by atoms with E-state index in [4.69, 9.17) is 0 Å². The van der Waals surface area contributed by atoms with Crippen molar-refractivity contribution in [1.82, 2.24) is 20.0 Å². The molecule has 0 aromatic rings. The minimum atomic E-state index is -0.733. The van der Waals surface area contributed by atoms with Crippen molar-refractivity contribution in [3.63, 3.8) is 0 Å². The molecule has 0 bridgehead atoms. The van der Waals surface area contributed by atoms with Gasteiger partial charge in [0.1, 0.15) is 0 Å². The van der Waals surface area contributed by atoms with Gasteiger partial charge in [0.05, 0.1) is 5.60 Å². The molecule has 0 aliphatic carbocycles. The minimum absolute atomic E-state index is 0.382. The number of β-amino-alcohol motifs (C(OH)–C–C–N with tert-alkyl or cyclic N) is 1. The van der Waals surface area contributed by atoms with Crippen LogP contribution in [0.5, 0.6) is 0 Å². The molecule has 2 amide bonds. The predicted octanol–water partition coefficient (Wildman–Crippen LogP) is -1.67. The number of aliphatic hydroxyl groups is 1. The van der Waals surface area contributed by atoms with Gasteiger partial charge in [-0.05, 0) is 13.8 Å². The quantitative estimate of drug-likeness (QED) is 0.597. The molecule has 2 heterocycles. The lowest BCUT2D eigenvalue weighted by atomic mass is 10.1. The highest BCUT2D eigenvalue weighted by atomic mass is 16.3. The van der Waals surface area contributed by atoms with Crippen LogP contribution in [0.25, 0.3) is 0 Å².